The fourth-order valence-electron chi connectivity index (χ4n) is 8.53. The van der Waals surface area contributed by atoms with Gasteiger partial charge in [-0.2, -0.15) is 0 Å². The van der Waals surface area contributed by atoms with E-state index in [1.165, 1.54) is 5.57 Å². The topological polar surface area (TPSA) is 60.4 Å². The third-order valence-corrected chi connectivity index (χ3v) is 10.8. The zero-order chi connectivity index (χ0) is 23.4. The summed E-state index contributed by atoms with van der Waals surface area (Å²) >= 11 is 0. The van der Waals surface area contributed by atoms with Gasteiger partial charge in [-0.1, -0.05) is 46.1 Å². The molecule has 4 heteroatoms. The van der Waals surface area contributed by atoms with Gasteiger partial charge in [0.25, 0.3) is 0 Å². The lowest BCUT2D eigenvalue weighted by atomic mass is 9.41. The number of carbonyl (C=O) groups is 3. The normalized spacial score (nSPS) is 43.0. The van der Waals surface area contributed by atoms with Crippen molar-refractivity contribution in [1.29, 1.82) is 0 Å². The SMILES string of the molecule is CCCCCC(=O)O[C@]1(C(C)=O)CC[C@@]2(C)C3CCC4=CC(=O)CCC4(C)[C@H]3CCC12C. The smallest absolute Gasteiger partial charge is 0.306 e. The van der Waals surface area contributed by atoms with E-state index in [-0.39, 0.29) is 33.8 Å². The maximum Gasteiger partial charge on any atom is 0.306 e. The van der Waals surface area contributed by atoms with Crippen LogP contribution in [0.3, 0.4) is 0 Å². The minimum atomic E-state index is -0.991. The quantitative estimate of drug-likeness (QED) is 0.355. The summed E-state index contributed by atoms with van der Waals surface area (Å²) in [5, 5.41) is 0. The van der Waals surface area contributed by atoms with Crippen LogP contribution < -0.4 is 0 Å². The molecule has 0 amide bonds. The van der Waals surface area contributed by atoms with Gasteiger partial charge in [0.2, 0.25) is 0 Å². The molecule has 0 bridgehead atoms. The number of ether oxygens (including phenoxy) is 1. The minimum absolute atomic E-state index is 0.0249. The van der Waals surface area contributed by atoms with Gasteiger partial charge in [-0.15, -0.1) is 0 Å². The molecular weight excluding hydrogens is 400 g/mol. The van der Waals surface area contributed by atoms with Crippen molar-refractivity contribution in [2.45, 2.75) is 117 Å². The van der Waals surface area contributed by atoms with Gasteiger partial charge >= 0.3 is 5.97 Å². The minimum Gasteiger partial charge on any atom is -0.450 e. The van der Waals surface area contributed by atoms with Crippen LogP contribution in [-0.2, 0) is 19.1 Å². The fraction of sp³-hybridized carbons (Fsp3) is 0.821. The Balaban J connectivity index is 1.65. The van der Waals surface area contributed by atoms with Gasteiger partial charge in [-0.25, -0.2) is 0 Å². The van der Waals surface area contributed by atoms with Crippen molar-refractivity contribution in [3.8, 4) is 0 Å². The lowest BCUT2D eigenvalue weighted by Crippen LogP contribution is -2.62. The second-order valence-electron chi connectivity index (χ2n) is 11.9. The van der Waals surface area contributed by atoms with Crippen molar-refractivity contribution in [3.05, 3.63) is 11.6 Å². The molecule has 0 aliphatic heterocycles. The summed E-state index contributed by atoms with van der Waals surface area (Å²) in [5.41, 5.74) is 0.0894. The maximum absolute atomic E-state index is 13.2. The summed E-state index contributed by atoms with van der Waals surface area (Å²) in [7, 11) is 0. The Labute approximate surface area is 193 Å². The van der Waals surface area contributed by atoms with E-state index in [0.717, 1.165) is 57.8 Å². The molecule has 4 rings (SSSR count). The van der Waals surface area contributed by atoms with Crippen molar-refractivity contribution in [2.75, 3.05) is 0 Å². The molecule has 4 aliphatic carbocycles. The average molecular weight is 443 g/mol. The Morgan fingerprint density at radius 3 is 2.44 bits per heavy atom. The number of allylic oxidation sites excluding steroid dienone is 1. The lowest BCUT2D eigenvalue weighted by Gasteiger charge is -2.63. The number of ketones is 2. The molecule has 4 nitrogen and oxygen atoms in total. The van der Waals surface area contributed by atoms with E-state index in [1.54, 1.807) is 6.92 Å². The average Bonchev–Trinajstić information content (AvgIpc) is 2.97. The van der Waals surface area contributed by atoms with Crippen LogP contribution >= 0.6 is 0 Å². The van der Waals surface area contributed by atoms with Crippen molar-refractivity contribution in [1.82, 2.24) is 0 Å². The molecule has 4 aliphatic rings. The molecule has 0 radical (unpaired) electrons. The second kappa shape index (κ2) is 8.09. The molecule has 32 heavy (non-hydrogen) atoms. The van der Waals surface area contributed by atoms with Crippen molar-refractivity contribution in [3.63, 3.8) is 0 Å². The largest absolute Gasteiger partial charge is 0.450 e. The molecular formula is C28H42O4. The van der Waals surface area contributed by atoms with E-state index < -0.39 is 5.60 Å². The summed E-state index contributed by atoms with van der Waals surface area (Å²) in [4.78, 5) is 38.2. The molecule has 0 heterocycles. The van der Waals surface area contributed by atoms with Gasteiger partial charge in [0.15, 0.2) is 17.2 Å². The number of hydrogen-bond acceptors (Lipinski definition) is 4. The molecule has 0 aromatic rings. The first-order valence-corrected chi connectivity index (χ1v) is 13.0. The summed E-state index contributed by atoms with van der Waals surface area (Å²) in [6.45, 7) is 10.8. The van der Waals surface area contributed by atoms with E-state index in [4.69, 9.17) is 4.74 Å². The van der Waals surface area contributed by atoms with Crippen LogP contribution in [-0.4, -0.2) is 23.1 Å². The van der Waals surface area contributed by atoms with Gasteiger partial charge in [-0.05, 0) is 87.0 Å². The third-order valence-electron chi connectivity index (χ3n) is 10.8. The van der Waals surface area contributed by atoms with Crippen LogP contribution in [0, 0.1) is 28.1 Å². The highest BCUT2D eigenvalue weighted by Crippen LogP contribution is 2.73. The van der Waals surface area contributed by atoms with Gasteiger partial charge in [0.1, 0.15) is 0 Å². The number of rotatable bonds is 6. The highest BCUT2D eigenvalue weighted by Gasteiger charge is 2.72. The standard InChI is InChI=1S/C28H42O4/c1-6-7-8-9-24(31)32-28(19(2)29)17-16-26(4)23-11-10-20-18-21(30)12-14-25(20,3)22(23)13-15-27(26,28)5/h18,22-23H,6-17H2,1-5H3/t22-,23?,25?,26-,27?,28-/m0/s1. The first-order chi connectivity index (χ1) is 15.0. The Morgan fingerprint density at radius 1 is 1.00 bits per heavy atom. The van der Waals surface area contributed by atoms with Gasteiger partial charge in [-0.3, -0.25) is 14.4 Å². The number of fused-ring (bicyclic) bond motifs is 5. The van der Waals surface area contributed by atoms with Crippen molar-refractivity contribution >= 4 is 17.5 Å². The number of esters is 1. The van der Waals surface area contributed by atoms with Gasteiger partial charge < -0.3 is 4.74 Å². The predicted molar refractivity (Wildman–Crippen MR) is 125 cm³/mol. The summed E-state index contributed by atoms with van der Waals surface area (Å²) < 4.78 is 6.23. The van der Waals surface area contributed by atoms with E-state index in [1.807, 2.05) is 6.08 Å². The molecule has 0 spiro atoms. The van der Waals surface area contributed by atoms with Crippen molar-refractivity contribution < 1.29 is 19.1 Å². The van der Waals surface area contributed by atoms with Crippen molar-refractivity contribution in [2.24, 2.45) is 28.1 Å². The lowest BCUT2D eigenvalue weighted by molar-refractivity contribution is -0.201. The zero-order valence-corrected chi connectivity index (χ0v) is 20.9. The van der Waals surface area contributed by atoms with Crippen LogP contribution in [0.15, 0.2) is 11.6 Å². The van der Waals surface area contributed by atoms with Crippen LogP contribution in [0.5, 0.6) is 0 Å². The summed E-state index contributed by atoms with van der Waals surface area (Å²) in [5.74, 6) is 1.15. The fourth-order valence-corrected chi connectivity index (χ4v) is 8.53. The molecule has 3 saturated carbocycles. The molecule has 6 atom stereocenters. The molecule has 178 valence electrons. The van der Waals surface area contributed by atoms with E-state index in [2.05, 4.69) is 27.7 Å². The summed E-state index contributed by atoms with van der Waals surface area (Å²) in [6.07, 6.45) is 12.4. The first kappa shape index (κ1) is 23.7. The zero-order valence-electron chi connectivity index (χ0n) is 20.9. The van der Waals surface area contributed by atoms with E-state index in [0.29, 0.717) is 31.1 Å². The van der Waals surface area contributed by atoms with Gasteiger partial charge in [0, 0.05) is 18.3 Å². The maximum atomic E-state index is 13.2. The number of carbonyl (C=O) groups excluding carboxylic acids is 3. The third kappa shape index (κ3) is 3.18. The van der Waals surface area contributed by atoms with Crippen LogP contribution in [0.4, 0.5) is 0 Å². The Bertz CT molecular complexity index is 842. The summed E-state index contributed by atoms with van der Waals surface area (Å²) in [6, 6.07) is 0. The molecule has 3 unspecified atom stereocenters. The van der Waals surface area contributed by atoms with Crippen LogP contribution in [0.25, 0.3) is 0 Å². The Kier molecular flexibility index (Phi) is 5.99. The predicted octanol–water partition coefficient (Wildman–Crippen LogP) is 6.36. The first-order valence-electron chi connectivity index (χ1n) is 13.0. The molecule has 3 fully saturated rings. The number of hydrogen-bond donors (Lipinski definition) is 0. The van der Waals surface area contributed by atoms with Gasteiger partial charge in [0.05, 0.1) is 0 Å². The number of unbranched alkanes of at least 4 members (excludes halogenated alkanes) is 2. The number of Topliss-reactive ketones (excluding diaryl/α,β-unsaturated/α-hetero) is 1. The monoisotopic (exact) mass is 442 g/mol. The van der Waals surface area contributed by atoms with E-state index in [9.17, 15) is 14.4 Å². The Morgan fingerprint density at radius 2 is 1.75 bits per heavy atom. The van der Waals surface area contributed by atoms with Crippen LogP contribution in [0.2, 0.25) is 0 Å². The molecule has 0 aromatic carbocycles. The highest BCUT2D eigenvalue weighted by atomic mass is 16.6. The Hall–Kier alpha value is -1.45. The van der Waals surface area contributed by atoms with Crippen LogP contribution in [0.1, 0.15) is 112 Å². The van der Waals surface area contributed by atoms with E-state index >= 15 is 0 Å². The molecule has 0 saturated heterocycles. The molecule has 0 N–H and O–H groups in total. The highest BCUT2D eigenvalue weighted by molar-refractivity contribution is 5.92. The molecule has 0 aromatic heterocycles. The second-order valence-corrected chi connectivity index (χ2v) is 11.9.